The predicted molar refractivity (Wildman–Crippen MR) is 79.3 cm³/mol. The quantitative estimate of drug-likeness (QED) is 0.840. The van der Waals surface area contributed by atoms with Crippen molar-refractivity contribution in [3.05, 3.63) is 24.3 Å². The predicted octanol–water partition coefficient (Wildman–Crippen LogP) is 2.83. The van der Waals surface area contributed by atoms with Crippen molar-refractivity contribution < 1.29 is 0 Å². The molecule has 3 heteroatoms. The van der Waals surface area contributed by atoms with E-state index in [-0.39, 0.29) is 6.04 Å². The fraction of sp³-hybridized carbons (Fsp3) is 0.600. The minimum atomic E-state index is 0.242. The summed E-state index contributed by atoms with van der Waals surface area (Å²) < 4.78 is 0. The second-order valence-electron chi connectivity index (χ2n) is 5.14. The minimum Gasteiger partial charge on any atom is -0.383 e. The molecular weight excluding hydrogens is 222 g/mol. The van der Waals surface area contributed by atoms with E-state index < -0.39 is 0 Å². The van der Waals surface area contributed by atoms with Crippen LogP contribution in [0.2, 0.25) is 0 Å². The third-order valence-corrected chi connectivity index (χ3v) is 3.68. The average Bonchev–Trinajstić information content (AvgIpc) is 2.46. The summed E-state index contributed by atoms with van der Waals surface area (Å²) >= 11 is 0. The van der Waals surface area contributed by atoms with Crippen molar-refractivity contribution in [2.24, 2.45) is 5.73 Å². The second-order valence-corrected chi connectivity index (χ2v) is 5.14. The SMILES string of the molecule is CC[C@H](N)CNc1ccc(N2CCCCC2)cc1. The molecule has 0 saturated carbocycles. The number of hydrogen-bond donors (Lipinski definition) is 2. The molecule has 0 radical (unpaired) electrons. The van der Waals surface area contributed by atoms with Gasteiger partial charge in [0.2, 0.25) is 0 Å². The summed E-state index contributed by atoms with van der Waals surface area (Å²) in [5.41, 5.74) is 8.41. The molecule has 1 saturated heterocycles. The summed E-state index contributed by atoms with van der Waals surface area (Å²) in [7, 11) is 0. The molecule has 0 aromatic heterocycles. The van der Waals surface area contributed by atoms with E-state index in [2.05, 4.69) is 41.4 Å². The molecule has 1 aliphatic heterocycles. The number of anilines is 2. The molecule has 2 rings (SSSR count). The van der Waals surface area contributed by atoms with Crippen molar-refractivity contribution in [1.82, 2.24) is 0 Å². The molecule has 1 fully saturated rings. The van der Waals surface area contributed by atoms with Gasteiger partial charge in [-0.15, -0.1) is 0 Å². The van der Waals surface area contributed by atoms with Crippen LogP contribution in [0, 0.1) is 0 Å². The zero-order valence-electron chi connectivity index (χ0n) is 11.4. The Morgan fingerprint density at radius 2 is 1.83 bits per heavy atom. The van der Waals surface area contributed by atoms with Crippen LogP contribution < -0.4 is 16.0 Å². The van der Waals surface area contributed by atoms with E-state index in [0.29, 0.717) is 0 Å². The smallest absolute Gasteiger partial charge is 0.0367 e. The standard InChI is InChI=1S/C15H25N3/c1-2-13(16)12-17-14-6-8-15(9-7-14)18-10-4-3-5-11-18/h6-9,13,17H,2-5,10-12,16H2,1H3/t13-/m0/s1. The number of piperidine rings is 1. The van der Waals surface area contributed by atoms with Crippen molar-refractivity contribution in [1.29, 1.82) is 0 Å². The van der Waals surface area contributed by atoms with Crippen molar-refractivity contribution in [2.45, 2.75) is 38.6 Å². The normalized spacial score (nSPS) is 17.6. The van der Waals surface area contributed by atoms with Crippen molar-refractivity contribution in [3.8, 4) is 0 Å². The van der Waals surface area contributed by atoms with Gasteiger partial charge in [0.15, 0.2) is 0 Å². The highest BCUT2D eigenvalue weighted by Gasteiger charge is 2.10. The molecule has 0 spiro atoms. The van der Waals surface area contributed by atoms with Gasteiger partial charge in [0.05, 0.1) is 0 Å². The molecular formula is C15H25N3. The lowest BCUT2D eigenvalue weighted by atomic mass is 10.1. The molecule has 3 nitrogen and oxygen atoms in total. The molecule has 1 aromatic rings. The van der Waals surface area contributed by atoms with Gasteiger partial charge >= 0.3 is 0 Å². The molecule has 0 aliphatic carbocycles. The van der Waals surface area contributed by atoms with E-state index in [1.54, 1.807) is 0 Å². The van der Waals surface area contributed by atoms with Crippen LogP contribution >= 0.6 is 0 Å². The Labute approximate surface area is 110 Å². The third-order valence-electron chi connectivity index (χ3n) is 3.68. The van der Waals surface area contributed by atoms with Crippen molar-refractivity contribution in [2.75, 3.05) is 29.9 Å². The molecule has 3 N–H and O–H groups in total. The van der Waals surface area contributed by atoms with Gasteiger partial charge in [0.1, 0.15) is 0 Å². The van der Waals surface area contributed by atoms with Crippen LogP contribution in [-0.4, -0.2) is 25.7 Å². The Bertz CT molecular complexity index is 341. The Kier molecular flexibility index (Phi) is 4.88. The van der Waals surface area contributed by atoms with Gasteiger partial charge in [-0.1, -0.05) is 6.92 Å². The van der Waals surface area contributed by atoms with Crippen molar-refractivity contribution in [3.63, 3.8) is 0 Å². The van der Waals surface area contributed by atoms with Gasteiger partial charge in [-0.25, -0.2) is 0 Å². The average molecular weight is 247 g/mol. The Hall–Kier alpha value is -1.22. The molecule has 0 amide bonds. The lowest BCUT2D eigenvalue weighted by Gasteiger charge is -2.29. The van der Waals surface area contributed by atoms with E-state index in [4.69, 9.17) is 5.73 Å². The van der Waals surface area contributed by atoms with Gasteiger partial charge in [-0.3, -0.25) is 0 Å². The van der Waals surface area contributed by atoms with Crippen LogP contribution in [0.15, 0.2) is 24.3 Å². The number of nitrogens with one attached hydrogen (secondary N) is 1. The monoisotopic (exact) mass is 247 g/mol. The zero-order chi connectivity index (χ0) is 12.8. The number of rotatable bonds is 5. The summed E-state index contributed by atoms with van der Waals surface area (Å²) in [5, 5.41) is 3.38. The van der Waals surface area contributed by atoms with E-state index in [1.165, 1.54) is 43.7 Å². The fourth-order valence-corrected chi connectivity index (χ4v) is 2.34. The van der Waals surface area contributed by atoms with Crippen LogP contribution in [0.3, 0.4) is 0 Å². The maximum absolute atomic E-state index is 5.90. The van der Waals surface area contributed by atoms with Gasteiger partial charge in [-0.2, -0.15) is 0 Å². The third kappa shape index (κ3) is 3.64. The molecule has 1 aromatic carbocycles. The molecule has 1 atom stereocenters. The van der Waals surface area contributed by atoms with Gasteiger partial charge in [0, 0.05) is 37.1 Å². The minimum absolute atomic E-state index is 0.242. The highest BCUT2D eigenvalue weighted by Crippen LogP contribution is 2.21. The number of hydrogen-bond acceptors (Lipinski definition) is 3. The van der Waals surface area contributed by atoms with Crippen LogP contribution in [0.25, 0.3) is 0 Å². The topological polar surface area (TPSA) is 41.3 Å². The summed E-state index contributed by atoms with van der Waals surface area (Å²) in [6, 6.07) is 8.99. The van der Waals surface area contributed by atoms with Gasteiger partial charge in [0.25, 0.3) is 0 Å². The first-order valence-electron chi connectivity index (χ1n) is 7.14. The highest BCUT2D eigenvalue weighted by molar-refractivity contribution is 5.55. The van der Waals surface area contributed by atoms with Crippen LogP contribution in [0.4, 0.5) is 11.4 Å². The molecule has 0 bridgehead atoms. The highest BCUT2D eigenvalue weighted by atomic mass is 15.1. The number of nitrogens with two attached hydrogens (primary N) is 1. The fourth-order valence-electron chi connectivity index (χ4n) is 2.34. The van der Waals surface area contributed by atoms with Gasteiger partial charge in [-0.05, 0) is 49.9 Å². The van der Waals surface area contributed by atoms with E-state index in [1.807, 2.05) is 0 Å². The van der Waals surface area contributed by atoms with Crippen molar-refractivity contribution >= 4 is 11.4 Å². The summed E-state index contributed by atoms with van der Waals surface area (Å²) in [6.07, 6.45) is 5.04. The van der Waals surface area contributed by atoms with E-state index in [9.17, 15) is 0 Å². The first-order valence-corrected chi connectivity index (χ1v) is 7.14. The number of nitrogens with zero attached hydrogens (tertiary/aromatic N) is 1. The molecule has 1 aliphatic rings. The van der Waals surface area contributed by atoms with E-state index in [0.717, 1.165) is 13.0 Å². The van der Waals surface area contributed by atoms with E-state index >= 15 is 0 Å². The molecule has 0 unspecified atom stereocenters. The Morgan fingerprint density at radius 3 is 2.44 bits per heavy atom. The number of benzene rings is 1. The van der Waals surface area contributed by atoms with Gasteiger partial charge < -0.3 is 16.0 Å². The molecule has 100 valence electrons. The lowest BCUT2D eigenvalue weighted by molar-refractivity contribution is 0.578. The first kappa shape index (κ1) is 13.2. The Balaban J connectivity index is 1.88. The molecule has 18 heavy (non-hydrogen) atoms. The lowest BCUT2D eigenvalue weighted by Crippen LogP contribution is -2.29. The van der Waals surface area contributed by atoms with Crippen LogP contribution in [-0.2, 0) is 0 Å². The van der Waals surface area contributed by atoms with Crippen LogP contribution in [0.1, 0.15) is 32.6 Å². The molecule has 1 heterocycles. The summed E-state index contributed by atoms with van der Waals surface area (Å²) in [4.78, 5) is 2.48. The summed E-state index contributed by atoms with van der Waals surface area (Å²) in [5.74, 6) is 0. The largest absolute Gasteiger partial charge is 0.383 e. The Morgan fingerprint density at radius 1 is 1.17 bits per heavy atom. The van der Waals surface area contributed by atoms with Crippen LogP contribution in [0.5, 0.6) is 0 Å². The first-order chi connectivity index (χ1) is 8.79. The second kappa shape index (κ2) is 6.64. The maximum atomic E-state index is 5.90. The zero-order valence-corrected chi connectivity index (χ0v) is 11.4. The summed E-state index contributed by atoms with van der Waals surface area (Å²) in [6.45, 7) is 5.37. The maximum Gasteiger partial charge on any atom is 0.0367 e.